The molecule has 0 rings (SSSR count). The van der Waals surface area contributed by atoms with Gasteiger partial charge in [-0.1, -0.05) is 4.81 Å². The summed E-state index contributed by atoms with van der Waals surface area (Å²) >= 11 is 0. The molecule has 3 nitrogen and oxygen atoms in total. The predicted octanol–water partition coefficient (Wildman–Crippen LogP) is 0.457. The fraction of sp³-hybridized carbons (Fsp3) is 1.00. The molecule has 0 spiro atoms. The highest BCUT2D eigenvalue weighted by Gasteiger charge is 2.22. The molecule has 0 aromatic heterocycles. The van der Waals surface area contributed by atoms with Crippen molar-refractivity contribution in [1.29, 1.82) is 0 Å². The van der Waals surface area contributed by atoms with Gasteiger partial charge >= 0.3 is 7.40 Å². The summed E-state index contributed by atoms with van der Waals surface area (Å²) in [5.41, 5.74) is 0. The second-order valence-electron chi connectivity index (χ2n) is 1.41. The second kappa shape index (κ2) is 4.73. The van der Waals surface area contributed by atoms with Gasteiger partial charge in [0.15, 0.2) is 13.2 Å². The Bertz CT molecular complexity index is 66.8. The van der Waals surface area contributed by atoms with Crippen LogP contribution in [0.2, 0.25) is 0 Å². The van der Waals surface area contributed by atoms with Gasteiger partial charge in [0.1, 0.15) is 0 Å². The van der Waals surface area contributed by atoms with Crippen LogP contribution in [0.3, 0.4) is 0 Å². The predicted molar refractivity (Wildman–Crippen MR) is 32.3 cm³/mol. The van der Waals surface area contributed by atoms with Crippen molar-refractivity contribution in [2.45, 2.75) is 13.8 Å². The maximum absolute atomic E-state index is 11.6. The Morgan fingerprint density at radius 1 is 1.56 bits per heavy atom. The molecule has 0 aromatic rings. The lowest BCUT2D eigenvalue weighted by Gasteiger charge is -2.08. The zero-order chi connectivity index (χ0) is 7.28. The topological polar surface area (TPSA) is 32.2 Å². The summed E-state index contributed by atoms with van der Waals surface area (Å²) in [6.07, 6.45) is 0. The maximum atomic E-state index is 11.6. The van der Waals surface area contributed by atoms with Crippen molar-refractivity contribution in [2.24, 2.45) is 0 Å². The van der Waals surface area contributed by atoms with Crippen molar-refractivity contribution >= 4 is 7.40 Å². The normalized spacial score (nSPS) is 10.3. The number of rotatable bonds is 4. The van der Waals surface area contributed by atoms with Crippen molar-refractivity contribution in [3.05, 3.63) is 0 Å². The number of hydrogen-bond acceptors (Lipinski definition) is 2. The van der Waals surface area contributed by atoms with E-state index in [1.165, 1.54) is 0 Å². The lowest BCUT2D eigenvalue weighted by molar-refractivity contribution is -0.406. The van der Waals surface area contributed by atoms with E-state index in [1.54, 1.807) is 13.8 Å². The van der Waals surface area contributed by atoms with Crippen LogP contribution in [0.25, 0.3) is 0 Å². The van der Waals surface area contributed by atoms with Gasteiger partial charge in [-0.15, -0.1) is 0 Å². The maximum Gasteiger partial charge on any atom is 0.756 e. The molecule has 0 saturated carbocycles. The van der Waals surface area contributed by atoms with Crippen LogP contribution in [0.5, 0.6) is 0 Å². The van der Waals surface area contributed by atoms with Crippen LogP contribution < -0.4 is 0 Å². The molecule has 54 valence electrons. The zero-order valence-electron chi connectivity index (χ0n) is 5.63. The van der Waals surface area contributed by atoms with Gasteiger partial charge in [0, 0.05) is 13.8 Å². The molecule has 0 fully saturated rings. The van der Waals surface area contributed by atoms with E-state index in [1.807, 2.05) is 0 Å². The van der Waals surface area contributed by atoms with E-state index in [-0.39, 0.29) is 0 Å². The minimum Gasteiger partial charge on any atom is -0.394 e. The lowest BCUT2D eigenvalue weighted by atomic mass is 10.3. The molecular formula is C4H11BFO3+. The average Bonchev–Trinajstić information content (AvgIpc) is 1.82. The van der Waals surface area contributed by atoms with E-state index < -0.39 is 7.40 Å². The van der Waals surface area contributed by atoms with E-state index in [0.717, 1.165) is 0 Å². The third kappa shape index (κ3) is 4.38. The molecule has 0 saturated heterocycles. The first-order valence-electron chi connectivity index (χ1n) is 2.87. The van der Waals surface area contributed by atoms with Crippen LogP contribution in [0.15, 0.2) is 0 Å². The van der Waals surface area contributed by atoms with Crippen LogP contribution in [0, 0.1) is 0 Å². The van der Waals surface area contributed by atoms with Crippen molar-refractivity contribution in [1.82, 2.24) is 0 Å². The molecule has 5 heteroatoms. The fourth-order valence-corrected chi connectivity index (χ4v) is 0.452. The Morgan fingerprint density at radius 3 is 2.11 bits per heavy atom. The number of halogens is 1. The van der Waals surface area contributed by atoms with Crippen LogP contribution in [-0.2, 0) is 9.32 Å². The first-order chi connectivity index (χ1) is 4.20. The molecule has 0 unspecified atom stereocenters. The largest absolute Gasteiger partial charge is 0.756 e. The van der Waals surface area contributed by atoms with Gasteiger partial charge in [-0.05, 0) is 0 Å². The molecular weight excluding hydrogens is 126 g/mol. The number of hydrogen-bond donors (Lipinski definition) is 1. The Balaban J connectivity index is 3.31. The highest BCUT2D eigenvalue weighted by Crippen LogP contribution is 1.97. The quantitative estimate of drug-likeness (QED) is 0.264. The molecule has 1 N–H and O–H groups in total. The van der Waals surface area contributed by atoms with Gasteiger partial charge in [-0.25, -0.2) is 4.52 Å². The summed E-state index contributed by atoms with van der Waals surface area (Å²) in [6.45, 7) is 4.52. The Labute approximate surface area is 54.2 Å². The summed E-state index contributed by atoms with van der Waals surface area (Å²) in [6, 6.07) is 0. The molecule has 9 heavy (non-hydrogen) atoms. The van der Waals surface area contributed by atoms with Gasteiger partial charge in [-0.3, -0.25) is 4.32 Å². The van der Waals surface area contributed by atoms with Crippen LogP contribution in [0.1, 0.15) is 13.8 Å². The monoisotopic (exact) mass is 137 g/mol. The van der Waals surface area contributed by atoms with Gasteiger partial charge in [-0.2, -0.15) is 0 Å². The van der Waals surface area contributed by atoms with Crippen LogP contribution >= 0.6 is 0 Å². The average molecular weight is 137 g/mol. The molecule has 0 aliphatic heterocycles. The van der Waals surface area contributed by atoms with E-state index in [4.69, 9.17) is 5.02 Å². The van der Waals surface area contributed by atoms with Gasteiger partial charge < -0.3 is 5.02 Å². The smallest absolute Gasteiger partial charge is 0.394 e. The third-order valence-electron chi connectivity index (χ3n) is 0.859. The van der Waals surface area contributed by atoms with E-state index in [0.29, 0.717) is 13.2 Å². The minimum atomic E-state index is -2.23. The summed E-state index contributed by atoms with van der Waals surface area (Å²) in [4.78, 5) is 4.19. The lowest BCUT2D eigenvalue weighted by Crippen LogP contribution is -2.22. The summed E-state index contributed by atoms with van der Waals surface area (Å²) < 4.78 is 13.7. The fourth-order valence-electron chi connectivity index (χ4n) is 0.452. The summed E-state index contributed by atoms with van der Waals surface area (Å²) in [5.74, 6) is 0. The van der Waals surface area contributed by atoms with E-state index >= 15 is 0 Å². The Hall–Kier alpha value is -0.125. The molecule has 0 amide bonds. The SMILES string of the molecule is CC[O+](CC)OB(O)F. The van der Waals surface area contributed by atoms with Crippen LogP contribution in [0.4, 0.5) is 4.32 Å². The highest BCUT2D eigenvalue weighted by atomic mass is 19.1. The van der Waals surface area contributed by atoms with Gasteiger partial charge in [0.05, 0.1) is 0 Å². The molecule has 0 bridgehead atoms. The van der Waals surface area contributed by atoms with E-state index in [9.17, 15) is 4.32 Å². The Kier molecular flexibility index (Phi) is 4.66. The van der Waals surface area contributed by atoms with Crippen molar-refractivity contribution in [3.63, 3.8) is 0 Å². The standard InChI is InChI=1S/C4H11BFO3/c1-3-9(4-2)8-5(6)7/h7H,3-4H2,1-2H3/q+1. The van der Waals surface area contributed by atoms with Crippen molar-refractivity contribution in [2.75, 3.05) is 13.2 Å². The zero-order valence-corrected chi connectivity index (χ0v) is 5.63. The van der Waals surface area contributed by atoms with Crippen molar-refractivity contribution < 1.29 is 18.7 Å². The Morgan fingerprint density at radius 2 is 2.00 bits per heavy atom. The third-order valence-corrected chi connectivity index (χ3v) is 0.859. The summed E-state index contributed by atoms with van der Waals surface area (Å²) in [5, 5.41) is 8.03. The van der Waals surface area contributed by atoms with Gasteiger partial charge in [0.25, 0.3) is 0 Å². The minimum absolute atomic E-state index is 0.484. The first-order valence-corrected chi connectivity index (χ1v) is 2.87. The first kappa shape index (κ1) is 8.87. The summed E-state index contributed by atoms with van der Waals surface area (Å²) in [7, 11) is -2.23. The molecule has 0 atom stereocenters. The molecule has 0 heterocycles. The van der Waals surface area contributed by atoms with Crippen LogP contribution in [-0.4, -0.2) is 25.6 Å². The molecule has 0 radical (unpaired) electrons. The van der Waals surface area contributed by atoms with E-state index in [2.05, 4.69) is 9.32 Å². The molecule has 0 aromatic carbocycles. The second-order valence-corrected chi connectivity index (χ2v) is 1.41. The van der Waals surface area contributed by atoms with Crippen molar-refractivity contribution in [3.8, 4) is 0 Å². The molecule has 0 aliphatic carbocycles. The molecule has 0 aliphatic rings. The highest BCUT2D eigenvalue weighted by molar-refractivity contribution is 6.33. The van der Waals surface area contributed by atoms with Gasteiger partial charge in [0.2, 0.25) is 0 Å².